The number of fused-ring (bicyclic) bond motifs is 1. The van der Waals surface area contributed by atoms with Gasteiger partial charge in [-0.15, -0.1) is 0 Å². The number of carboxylic acids is 1. The fraction of sp³-hybridized carbons (Fsp3) is 0.476. The van der Waals surface area contributed by atoms with Crippen molar-refractivity contribution in [1.82, 2.24) is 0 Å². The minimum Gasteiger partial charge on any atom is -0.545 e. The molecule has 0 spiro atoms. The van der Waals surface area contributed by atoms with Crippen LogP contribution in [0.15, 0.2) is 36.4 Å². The van der Waals surface area contributed by atoms with Crippen molar-refractivity contribution >= 4 is 5.97 Å². The van der Waals surface area contributed by atoms with E-state index in [1.807, 2.05) is 30.3 Å². The third-order valence-electron chi connectivity index (χ3n) is 4.51. The Kier molecular flexibility index (Phi) is 10.3. The molecule has 0 aromatic heterocycles. The van der Waals surface area contributed by atoms with E-state index in [1.54, 1.807) is 6.07 Å². The van der Waals surface area contributed by atoms with Crippen LogP contribution >= 0.6 is 0 Å². The SMILES string of the molecule is CCCCCCCCCCc1cc(C(=O)[O-])c2cccccc1-2.[Na+]. The average Bonchev–Trinajstić information content (AvgIpc) is 2.71. The Balaban J connectivity index is 0.00000288. The van der Waals surface area contributed by atoms with Gasteiger partial charge < -0.3 is 9.90 Å². The number of unbranched alkanes of at least 4 members (excludes halogenated alkanes) is 7. The van der Waals surface area contributed by atoms with Gasteiger partial charge in [-0.3, -0.25) is 0 Å². The topological polar surface area (TPSA) is 40.1 Å². The van der Waals surface area contributed by atoms with E-state index in [1.165, 1.54) is 44.9 Å². The molecule has 0 aliphatic heterocycles. The van der Waals surface area contributed by atoms with E-state index < -0.39 is 5.97 Å². The van der Waals surface area contributed by atoms with Gasteiger partial charge in [0.15, 0.2) is 0 Å². The Morgan fingerprint density at radius 3 is 2.08 bits per heavy atom. The second-order valence-electron chi connectivity index (χ2n) is 6.33. The fourth-order valence-corrected chi connectivity index (χ4v) is 3.22. The van der Waals surface area contributed by atoms with Crippen LogP contribution in [-0.2, 0) is 6.42 Å². The van der Waals surface area contributed by atoms with Crippen LogP contribution in [0.4, 0.5) is 0 Å². The number of rotatable bonds is 10. The standard InChI is InChI=1S/C21H28O2.Na/c1-2-3-4-5-6-7-8-10-13-17-16-20(21(22)23)19-15-12-9-11-14-18(17)19;/h9,11-12,14-16H,2-8,10,13H2,1H3,(H,22,23);/q;+1/p-1. The van der Waals surface area contributed by atoms with Crippen LogP contribution in [0, 0.1) is 0 Å². The molecule has 0 N–H and O–H groups in total. The second kappa shape index (κ2) is 11.7. The third-order valence-corrected chi connectivity index (χ3v) is 4.51. The minimum atomic E-state index is -1.08. The monoisotopic (exact) mass is 334 g/mol. The summed E-state index contributed by atoms with van der Waals surface area (Å²) >= 11 is 0. The van der Waals surface area contributed by atoms with Gasteiger partial charge in [0.05, 0.1) is 5.97 Å². The number of carbonyl (C=O) groups excluding carboxylic acids is 1. The molecule has 2 rings (SSSR count). The molecule has 0 saturated carbocycles. The van der Waals surface area contributed by atoms with Crippen molar-refractivity contribution in [3.63, 3.8) is 0 Å². The predicted molar refractivity (Wildman–Crippen MR) is 93.7 cm³/mol. The van der Waals surface area contributed by atoms with E-state index in [0.29, 0.717) is 5.56 Å². The Morgan fingerprint density at radius 1 is 0.875 bits per heavy atom. The summed E-state index contributed by atoms with van der Waals surface area (Å²) in [6.45, 7) is 2.24. The summed E-state index contributed by atoms with van der Waals surface area (Å²) in [6, 6.07) is 11.5. The molecule has 0 saturated heterocycles. The molecule has 0 unspecified atom stereocenters. The van der Waals surface area contributed by atoms with Crippen LogP contribution in [0.2, 0.25) is 0 Å². The zero-order chi connectivity index (χ0) is 16.5. The van der Waals surface area contributed by atoms with Crippen molar-refractivity contribution < 1.29 is 39.5 Å². The first-order chi connectivity index (χ1) is 11.2. The fourth-order valence-electron chi connectivity index (χ4n) is 3.22. The van der Waals surface area contributed by atoms with Crippen molar-refractivity contribution in [3.05, 3.63) is 47.5 Å². The predicted octanol–water partition coefficient (Wildman–Crippen LogP) is 1.84. The summed E-state index contributed by atoms with van der Waals surface area (Å²) in [5.74, 6) is -1.08. The number of carboxylic acid groups (broad SMARTS) is 1. The van der Waals surface area contributed by atoms with Gasteiger partial charge in [-0.25, -0.2) is 0 Å². The van der Waals surface area contributed by atoms with Gasteiger partial charge in [0.1, 0.15) is 0 Å². The molecule has 3 heteroatoms. The molecule has 0 radical (unpaired) electrons. The van der Waals surface area contributed by atoms with Crippen molar-refractivity contribution in [1.29, 1.82) is 0 Å². The zero-order valence-electron chi connectivity index (χ0n) is 15.1. The molecule has 0 heterocycles. The van der Waals surface area contributed by atoms with Crippen molar-refractivity contribution in [3.8, 4) is 11.1 Å². The van der Waals surface area contributed by atoms with E-state index in [0.717, 1.165) is 29.5 Å². The van der Waals surface area contributed by atoms with Crippen molar-refractivity contribution in [2.75, 3.05) is 0 Å². The average molecular weight is 334 g/mol. The molecule has 0 bridgehead atoms. The van der Waals surface area contributed by atoms with Gasteiger partial charge in [0, 0.05) is 5.56 Å². The number of hydrogen-bond acceptors (Lipinski definition) is 2. The van der Waals surface area contributed by atoms with Gasteiger partial charge >= 0.3 is 29.6 Å². The molecule has 2 nitrogen and oxygen atoms in total. The molecule has 0 aromatic carbocycles. The van der Waals surface area contributed by atoms with Gasteiger partial charge in [0.2, 0.25) is 0 Å². The summed E-state index contributed by atoms with van der Waals surface area (Å²) in [5, 5.41) is 11.3. The van der Waals surface area contributed by atoms with E-state index in [-0.39, 0.29) is 29.6 Å². The first-order valence-electron chi connectivity index (χ1n) is 8.96. The van der Waals surface area contributed by atoms with Crippen LogP contribution in [0.25, 0.3) is 11.1 Å². The van der Waals surface area contributed by atoms with Gasteiger partial charge in [-0.1, -0.05) is 82.2 Å². The first kappa shape index (κ1) is 21.2. The number of carbonyl (C=O) groups is 1. The molecular weight excluding hydrogens is 307 g/mol. The van der Waals surface area contributed by atoms with E-state index >= 15 is 0 Å². The molecule has 124 valence electrons. The minimum absolute atomic E-state index is 0. The Labute approximate surface area is 168 Å². The van der Waals surface area contributed by atoms with Crippen molar-refractivity contribution in [2.45, 2.75) is 64.7 Å². The smallest absolute Gasteiger partial charge is 0.545 e. The summed E-state index contributed by atoms with van der Waals surface area (Å²) in [7, 11) is 0. The second-order valence-corrected chi connectivity index (χ2v) is 6.33. The summed E-state index contributed by atoms with van der Waals surface area (Å²) in [5.41, 5.74) is 3.31. The Bertz CT molecular complexity index is 595. The summed E-state index contributed by atoms with van der Waals surface area (Å²) in [6.07, 6.45) is 11.2. The Morgan fingerprint density at radius 2 is 1.46 bits per heavy atom. The molecule has 24 heavy (non-hydrogen) atoms. The normalized spacial score (nSPS) is 10.5. The number of aryl methyl sites for hydroxylation is 1. The molecule has 2 aliphatic rings. The van der Waals surface area contributed by atoms with Crippen LogP contribution < -0.4 is 34.7 Å². The van der Waals surface area contributed by atoms with E-state index in [4.69, 9.17) is 0 Å². The van der Waals surface area contributed by atoms with E-state index in [9.17, 15) is 9.90 Å². The quantitative estimate of drug-likeness (QED) is 0.491. The summed E-state index contributed by atoms with van der Waals surface area (Å²) in [4.78, 5) is 11.3. The van der Waals surface area contributed by atoms with Crippen molar-refractivity contribution in [2.24, 2.45) is 0 Å². The Hall–Kier alpha value is -0.830. The zero-order valence-corrected chi connectivity index (χ0v) is 17.1. The van der Waals surface area contributed by atoms with Crippen LogP contribution in [0.3, 0.4) is 0 Å². The molecule has 0 atom stereocenters. The van der Waals surface area contributed by atoms with E-state index in [2.05, 4.69) is 6.92 Å². The molecule has 2 aliphatic carbocycles. The van der Waals surface area contributed by atoms with Crippen LogP contribution in [0.1, 0.15) is 74.2 Å². The molecular formula is C21H27NaO2. The number of aromatic carboxylic acids is 1. The molecule has 0 fully saturated rings. The van der Waals surface area contributed by atoms with Crippen LogP contribution in [0.5, 0.6) is 0 Å². The van der Waals surface area contributed by atoms with Gasteiger partial charge in [0.25, 0.3) is 0 Å². The number of hydrogen-bond donors (Lipinski definition) is 0. The molecule has 0 amide bonds. The molecule has 0 aromatic rings. The third kappa shape index (κ3) is 6.23. The first-order valence-corrected chi connectivity index (χ1v) is 8.96. The van der Waals surface area contributed by atoms with Gasteiger partial charge in [-0.05, 0) is 35.6 Å². The maximum absolute atomic E-state index is 11.3. The maximum Gasteiger partial charge on any atom is 1.00 e. The van der Waals surface area contributed by atoms with Gasteiger partial charge in [-0.2, -0.15) is 0 Å². The largest absolute Gasteiger partial charge is 1.00 e. The van der Waals surface area contributed by atoms with Crippen LogP contribution in [-0.4, -0.2) is 5.97 Å². The summed E-state index contributed by atoms with van der Waals surface area (Å²) < 4.78 is 0. The maximum atomic E-state index is 11.3.